The molecule has 1 fully saturated rings. The number of thiocarbonyl (C=S) groups is 1. The molecule has 1 saturated heterocycles. The molecule has 8 heteroatoms. The van der Waals surface area contributed by atoms with E-state index in [1.165, 1.54) is 23.9 Å². The molecule has 4 rings (SSSR count). The van der Waals surface area contributed by atoms with Crippen LogP contribution in [0.15, 0.2) is 70.0 Å². The Bertz CT molecular complexity index is 1200. The van der Waals surface area contributed by atoms with E-state index in [4.69, 9.17) is 26.5 Å². The van der Waals surface area contributed by atoms with Crippen LogP contribution in [0.2, 0.25) is 0 Å². The maximum atomic E-state index is 12.9. The molecule has 0 bridgehead atoms. The van der Waals surface area contributed by atoms with E-state index in [1.54, 1.807) is 42.4 Å². The normalized spacial score (nSPS) is 15.0. The van der Waals surface area contributed by atoms with Crippen molar-refractivity contribution in [3.8, 4) is 17.1 Å². The summed E-state index contributed by atoms with van der Waals surface area (Å²) >= 11 is 6.63. The van der Waals surface area contributed by atoms with Crippen molar-refractivity contribution in [2.24, 2.45) is 0 Å². The third-order valence-electron chi connectivity index (χ3n) is 4.66. The molecule has 1 aliphatic heterocycles. The molecule has 2 heterocycles. The number of hydrogen-bond donors (Lipinski definition) is 1. The highest BCUT2D eigenvalue weighted by atomic mass is 32.2. The topological polar surface area (TPSA) is 80.0 Å². The van der Waals surface area contributed by atoms with Crippen LogP contribution in [-0.4, -0.2) is 33.3 Å². The predicted octanol–water partition coefficient (Wildman–Crippen LogP) is 5.05. The molecular formula is C23H17NO5S2. The number of ether oxygens (including phenoxy) is 1. The van der Waals surface area contributed by atoms with E-state index in [0.29, 0.717) is 27.3 Å². The second-order valence-corrected chi connectivity index (χ2v) is 8.38. The van der Waals surface area contributed by atoms with Gasteiger partial charge >= 0.3 is 5.97 Å². The maximum Gasteiger partial charge on any atom is 0.335 e. The van der Waals surface area contributed by atoms with Crippen LogP contribution < -0.4 is 4.74 Å². The molecule has 0 unspecified atom stereocenters. The molecule has 6 nitrogen and oxygen atoms in total. The van der Waals surface area contributed by atoms with E-state index >= 15 is 0 Å². The van der Waals surface area contributed by atoms with E-state index < -0.39 is 5.97 Å². The first-order valence-electron chi connectivity index (χ1n) is 9.26. The molecule has 0 saturated carbocycles. The number of methoxy groups -OCH3 is 1. The van der Waals surface area contributed by atoms with Gasteiger partial charge in [0.25, 0.3) is 5.91 Å². The van der Waals surface area contributed by atoms with Crippen LogP contribution in [0, 0.1) is 0 Å². The highest BCUT2D eigenvalue weighted by Crippen LogP contribution is 2.35. The number of benzene rings is 2. The number of carboxylic acid groups (broad SMARTS) is 1. The molecule has 0 aliphatic carbocycles. The number of carboxylic acids is 1. The van der Waals surface area contributed by atoms with Gasteiger partial charge < -0.3 is 14.3 Å². The number of carbonyl (C=O) groups excluding carboxylic acids is 1. The zero-order chi connectivity index (χ0) is 22.0. The standard InChI is InChI=1S/C23H17NO5S2/c1-28-17-4-2-3-14(11-17)13-24-21(25)20(31-23(24)30)12-18-9-10-19(29-18)15-5-7-16(8-6-15)22(26)27/h2-12H,13H2,1H3,(H,26,27). The summed E-state index contributed by atoms with van der Waals surface area (Å²) < 4.78 is 11.5. The molecule has 0 spiro atoms. The molecule has 1 N–H and O–H groups in total. The average molecular weight is 452 g/mol. The molecule has 1 aliphatic rings. The van der Waals surface area contributed by atoms with Crippen LogP contribution in [0.4, 0.5) is 0 Å². The molecule has 1 amide bonds. The summed E-state index contributed by atoms with van der Waals surface area (Å²) in [6.07, 6.45) is 1.67. The smallest absolute Gasteiger partial charge is 0.335 e. The Labute approximate surface area is 188 Å². The number of furan rings is 1. The molecule has 0 atom stereocenters. The third-order valence-corrected chi connectivity index (χ3v) is 6.04. The molecule has 0 radical (unpaired) electrons. The molecular weight excluding hydrogens is 434 g/mol. The zero-order valence-electron chi connectivity index (χ0n) is 16.4. The summed E-state index contributed by atoms with van der Waals surface area (Å²) in [5.74, 6) is 0.650. The van der Waals surface area contributed by atoms with Gasteiger partial charge in [-0.3, -0.25) is 9.69 Å². The Kier molecular flexibility index (Phi) is 5.92. The van der Waals surface area contributed by atoms with Crippen molar-refractivity contribution in [3.05, 3.63) is 82.5 Å². The molecule has 3 aromatic rings. The molecule has 1 aromatic heterocycles. The monoisotopic (exact) mass is 451 g/mol. The third kappa shape index (κ3) is 4.55. The number of amides is 1. The summed E-state index contributed by atoms with van der Waals surface area (Å²) in [7, 11) is 1.60. The minimum Gasteiger partial charge on any atom is -0.497 e. The van der Waals surface area contributed by atoms with Crippen LogP contribution in [0.1, 0.15) is 21.7 Å². The van der Waals surface area contributed by atoms with Gasteiger partial charge in [0.05, 0.1) is 24.1 Å². The van der Waals surface area contributed by atoms with Crippen molar-refractivity contribution < 1.29 is 23.8 Å². The number of carbonyl (C=O) groups is 2. The van der Waals surface area contributed by atoms with E-state index in [2.05, 4.69) is 0 Å². The number of aromatic carboxylic acids is 1. The quantitative estimate of drug-likeness (QED) is 0.415. The first-order valence-corrected chi connectivity index (χ1v) is 10.5. The van der Waals surface area contributed by atoms with Crippen LogP contribution in [0.3, 0.4) is 0 Å². The van der Waals surface area contributed by atoms with E-state index in [0.717, 1.165) is 16.9 Å². The Hall–Kier alpha value is -3.36. The van der Waals surface area contributed by atoms with E-state index in [1.807, 2.05) is 24.3 Å². The van der Waals surface area contributed by atoms with Crippen molar-refractivity contribution in [1.29, 1.82) is 0 Å². The van der Waals surface area contributed by atoms with Gasteiger partial charge in [0.1, 0.15) is 21.6 Å². The lowest BCUT2D eigenvalue weighted by molar-refractivity contribution is -0.122. The van der Waals surface area contributed by atoms with Gasteiger partial charge in [0, 0.05) is 11.6 Å². The van der Waals surface area contributed by atoms with Crippen molar-refractivity contribution in [2.45, 2.75) is 6.54 Å². The average Bonchev–Trinajstić information content (AvgIpc) is 3.34. The largest absolute Gasteiger partial charge is 0.497 e. The zero-order valence-corrected chi connectivity index (χ0v) is 18.0. The summed E-state index contributed by atoms with van der Waals surface area (Å²) in [5, 5.41) is 9.01. The van der Waals surface area contributed by atoms with Crippen molar-refractivity contribution >= 4 is 46.3 Å². The van der Waals surface area contributed by atoms with Crippen LogP contribution in [-0.2, 0) is 11.3 Å². The van der Waals surface area contributed by atoms with E-state index in [-0.39, 0.29) is 11.5 Å². The summed E-state index contributed by atoms with van der Waals surface area (Å²) in [6.45, 7) is 0.360. The first kappa shape index (κ1) is 20.9. The lowest BCUT2D eigenvalue weighted by Crippen LogP contribution is -2.27. The number of nitrogens with zero attached hydrogens (tertiary/aromatic N) is 1. The second-order valence-electron chi connectivity index (χ2n) is 6.70. The molecule has 156 valence electrons. The van der Waals surface area contributed by atoms with Crippen molar-refractivity contribution in [1.82, 2.24) is 4.90 Å². The molecule has 31 heavy (non-hydrogen) atoms. The SMILES string of the molecule is COc1cccc(CN2C(=O)C(=Cc3ccc(-c4ccc(C(=O)O)cc4)o3)SC2=S)c1. The number of hydrogen-bond acceptors (Lipinski definition) is 6. The number of rotatable bonds is 6. The Morgan fingerprint density at radius 2 is 1.97 bits per heavy atom. The van der Waals surface area contributed by atoms with Gasteiger partial charge in [0.15, 0.2) is 0 Å². The fourth-order valence-corrected chi connectivity index (χ4v) is 4.32. The highest BCUT2D eigenvalue weighted by molar-refractivity contribution is 8.26. The van der Waals surface area contributed by atoms with E-state index in [9.17, 15) is 9.59 Å². The Morgan fingerprint density at radius 3 is 2.68 bits per heavy atom. The summed E-state index contributed by atoms with van der Waals surface area (Å²) in [6, 6.07) is 17.4. The van der Waals surface area contributed by atoms with Crippen molar-refractivity contribution in [3.63, 3.8) is 0 Å². The second kappa shape index (κ2) is 8.79. The van der Waals surface area contributed by atoms with Crippen LogP contribution in [0.25, 0.3) is 17.4 Å². The van der Waals surface area contributed by atoms with Crippen molar-refractivity contribution in [2.75, 3.05) is 7.11 Å². The van der Waals surface area contributed by atoms with Gasteiger partial charge in [-0.2, -0.15) is 0 Å². The Morgan fingerprint density at radius 1 is 1.19 bits per heavy atom. The van der Waals surface area contributed by atoms with Crippen LogP contribution >= 0.6 is 24.0 Å². The molecule has 2 aromatic carbocycles. The highest BCUT2D eigenvalue weighted by Gasteiger charge is 2.32. The lowest BCUT2D eigenvalue weighted by Gasteiger charge is -2.14. The van der Waals surface area contributed by atoms with Gasteiger partial charge in [-0.05, 0) is 42.0 Å². The number of thioether (sulfide) groups is 1. The van der Waals surface area contributed by atoms with Gasteiger partial charge in [0.2, 0.25) is 0 Å². The fraction of sp³-hybridized carbons (Fsp3) is 0.0870. The van der Waals surface area contributed by atoms with Gasteiger partial charge in [-0.1, -0.05) is 48.2 Å². The Balaban J connectivity index is 1.51. The fourth-order valence-electron chi connectivity index (χ4n) is 3.08. The van der Waals surface area contributed by atoms with Crippen LogP contribution in [0.5, 0.6) is 5.75 Å². The van der Waals surface area contributed by atoms with Gasteiger partial charge in [-0.15, -0.1) is 0 Å². The summed E-state index contributed by atoms with van der Waals surface area (Å²) in [4.78, 5) is 25.9. The summed E-state index contributed by atoms with van der Waals surface area (Å²) in [5.41, 5.74) is 1.87. The minimum absolute atomic E-state index is 0.179. The van der Waals surface area contributed by atoms with Gasteiger partial charge in [-0.25, -0.2) is 4.79 Å². The first-order chi connectivity index (χ1) is 14.9. The predicted molar refractivity (Wildman–Crippen MR) is 123 cm³/mol. The minimum atomic E-state index is -0.984. The maximum absolute atomic E-state index is 12.9. The lowest BCUT2D eigenvalue weighted by atomic mass is 10.1.